The summed E-state index contributed by atoms with van der Waals surface area (Å²) < 4.78 is 6.72. The maximum atomic E-state index is 12.7. The molecule has 0 aliphatic heterocycles. The number of aromatic nitrogens is 6. The summed E-state index contributed by atoms with van der Waals surface area (Å²) in [4.78, 5) is 22.3. The van der Waals surface area contributed by atoms with Crippen LogP contribution in [0.5, 0.6) is 0 Å². The molecule has 0 aliphatic carbocycles. The summed E-state index contributed by atoms with van der Waals surface area (Å²) in [7, 11) is 0. The van der Waals surface area contributed by atoms with E-state index in [0.717, 1.165) is 16.7 Å². The van der Waals surface area contributed by atoms with E-state index < -0.39 is 5.97 Å². The Labute approximate surface area is 183 Å². The minimum absolute atomic E-state index is 0.130. The van der Waals surface area contributed by atoms with Gasteiger partial charge in [-0.1, -0.05) is 53.6 Å². The van der Waals surface area contributed by atoms with Gasteiger partial charge in [0.1, 0.15) is 6.33 Å². The first-order valence-electron chi connectivity index (χ1n) is 9.67. The summed E-state index contributed by atoms with van der Waals surface area (Å²) in [6.07, 6.45) is 1.45. The second kappa shape index (κ2) is 9.01. The van der Waals surface area contributed by atoms with E-state index in [1.54, 1.807) is 19.1 Å². The maximum Gasteiger partial charge on any atom is 0.358 e. The average molecular weight is 435 g/mol. The lowest BCUT2D eigenvalue weighted by Gasteiger charge is -2.15. The van der Waals surface area contributed by atoms with Gasteiger partial charge in [-0.15, -0.1) is 5.10 Å². The number of halogens is 1. The van der Waals surface area contributed by atoms with Gasteiger partial charge in [-0.2, -0.15) is 0 Å². The third-order valence-electron chi connectivity index (χ3n) is 4.58. The fourth-order valence-corrected chi connectivity index (χ4v) is 3.20. The highest BCUT2D eigenvalue weighted by Crippen LogP contribution is 2.31. The Hall–Kier alpha value is -3.65. The van der Waals surface area contributed by atoms with Crippen LogP contribution in [0, 0.1) is 6.92 Å². The maximum absolute atomic E-state index is 12.7. The van der Waals surface area contributed by atoms with Crippen molar-refractivity contribution in [2.45, 2.75) is 20.4 Å². The first-order chi connectivity index (χ1) is 15.0. The second-order valence-corrected chi connectivity index (χ2v) is 7.25. The standard InChI is InChI=1S/C22H19ClN6O2/c1-3-31-22(30)21-18(12-29-13-24-27-28-29)25-19(16-8-10-17(23)11-9-16)20(26-21)15-6-4-14(2)5-7-15/h4-11,13H,3,12H2,1-2H3. The molecule has 0 N–H and O–H groups in total. The van der Waals surface area contributed by atoms with Crippen LogP contribution in [0.3, 0.4) is 0 Å². The van der Waals surface area contributed by atoms with Gasteiger partial charge < -0.3 is 4.74 Å². The predicted octanol–water partition coefficient (Wildman–Crippen LogP) is 3.98. The Bertz CT molecular complexity index is 1190. The smallest absolute Gasteiger partial charge is 0.358 e. The minimum Gasteiger partial charge on any atom is -0.461 e. The van der Waals surface area contributed by atoms with E-state index in [1.165, 1.54) is 11.0 Å². The third kappa shape index (κ3) is 4.59. The number of tetrazole rings is 1. The molecule has 0 aliphatic rings. The fourth-order valence-electron chi connectivity index (χ4n) is 3.07. The van der Waals surface area contributed by atoms with Crippen LogP contribution in [0.4, 0.5) is 0 Å². The molecule has 0 fully saturated rings. The molecule has 4 rings (SSSR count). The van der Waals surface area contributed by atoms with Crippen LogP contribution in [0.15, 0.2) is 54.9 Å². The summed E-state index contributed by atoms with van der Waals surface area (Å²) in [5.41, 5.74) is 4.51. The SMILES string of the molecule is CCOC(=O)c1nc(-c2ccc(C)cc2)c(-c2ccc(Cl)cc2)nc1Cn1cnnn1. The van der Waals surface area contributed by atoms with Crippen molar-refractivity contribution in [3.05, 3.63) is 76.8 Å². The lowest BCUT2D eigenvalue weighted by Crippen LogP contribution is -2.16. The van der Waals surface area contributed by atoms with E-state index in [0.29, 0.717) is 22.1 Å². The number of esters is 1. The Morgan fingerprint density at radius 2 is 1.65 bits per heavy atom. The molecule has 0 unspecified atom stereocenters. The molecule has 2 aromatic heterocycles. The number of carbonyl (C=O) groups is 1. The van der Waals surface area contributed by atoms with Gasteiger partial charge in [-0.3, -0.25) is 0 Å². The van der Waals surface area contributed by atoms with Gasteiger partial charge in [-0.05, 0) is 36.4 Å². The van der Waals surface area contributed by atoms with Crippen LogP contribution in [0.1, 0.15) is 28.7 Å². The van der Waals surface area contributed by atoms with Gasteiger partial charge in [0, 0.05) is 16.1 Å². The molecule has 156 valence electrons. The molecule has 8 nitrogen and oxygen atoms in total. The highest BCUT2D eigenvalue weighted by molar-refractivity contribution is 6.30. The third-order valence-corrected chi connectivity index (χ3v) is 4.83. The molecule has 2 heterocycles. The summed E-state index contributed by atoms with van der Waals surface area (Å²) in [6.45, 7) is 4.15. The van der Waals surface area contributed by atoms with Gasteiger partial charge in [0.2, 0.25) is 0 Å². The average Bonchev–Trinajstić information content (AvgIpc) is 3.28. The Morgan fingerprint density at radius 3 is 2.26 bits per heavy atom. The van der Waals surface area contributed by atoms with Crippen molar-refractivity contribution < 1.29 is 9.53 Å². The number of benzene rings is 2. The summed E-state index contributed by atoms with van der Waals surface area (Å²) in [6, 6.07) is 15.2. The van der Waals surface area contributed by atoms with Gasteiger partial charge in [0.05, 0.1) is 30.2 Å². The zero-order chi connectivity index (χ0) is 21.8. The summed E-state index contributed by atoms with van der Waals surface area (Å²) in [5.74, 6) is -0.547. The molecule has 0 radical (unpaired) electrons. The van der Waals surface area contributed by atoms with E-state index in [2.05, 4.69) is 15.5 Å². The van der Waals surface area contributed by atoms with Gasteiger partial charge in [0.15, 0.2) is 5.69 Å². The highest BCUT2D eigenvalue weighted by atomic mass is 35.5. The van der Waals surface area contributed by atoms with E-state index in [-0.39, 0.29) is 18.8 Å². The van der Waals surface area contributed by atoms with Crippen LogP contribution in [-0.4, -0.2) is 42.8 Å². The van der Waals surface area contributed by atoms with Crippen LogP contribution in [-0.2, 0) is 11.3 Å². The normalized spacial score (nSPS) is 10.8. The van der Waals surface area contributed by atoms with Crippen molar-refractivity contribution in [1.29, 1.82) is 0 Å². The number of carbonyl (C=O) groups excluding carboxylic acids is 1. The molecule has 0 bridgehead atoms. The number of hydrogen-bond donors (Lipinski definition) is 0. The Kier molecular flexibility index (Phi) is 5.99. The fraction of sp³-hybridized carbons (Fsp3) is 0.182. The Morgan fingerprint density at radius 1 is 1.00 bits per heavy atom. The van der Waals surface area contributed by atoms with Crippen molar-refractivity contribution in [3.63, 3.8) is 0 Å². The zero-order valence-corrected chi connectivity index (χ0v) is 17.7. The van der Waals surface area contributed by atoms with Crippen molar-refractivity contribution in [3.8, 4) is 22.5 Å². The largest absolute Gasteiger partial charge is 0.461 e. The quantitative estimate of drug-likeness (QED) is 0.423. The van der Waals surface area contributed by atoms with E-state index in [9.17, 15) is 4.79 Å². The molecule has 0 saturated carbocycles. The second-order valence-electron chi connectivity index (χ2n) is 6.82. The van der Waals surface area contributed by atoms with Crippen LogP contribution < -0.4 is 0 Å². The van der Waals surface area contributed by atoms with Crippen LogP contribution in [0.25, 0.3) is 22.5 Å². The van der Waals surface area contributed by atoms with Crippen molar-refractivity contribution in [1.82, 2.24) is 30.2 Å². The van der Waals surface area contributed by atoms with E-state index in [1.807, 2.05) is 43.3 Å². The zero-order valence-electron chi connectivity index (χ0n) is 17.0. The Balaban J connectivity index is 1.94. The number of ether oxygens (including phenoxy) is 1. The molecule has 0 spiro atoms. The molecule has 0 amide bonds. The molecular weight excluding hydrogens is 416 g/mol. The lowest BCUT2D eigenvalue weighted by molar-refractivity contribution is 0.0517. The van der Waals surface area contributed by atoms with Crippen molar-refractivity contribution in [2.24, 2.45) is 0 Å². The first kappa shape index (κ1) is 20.6. The topological polar surface area (TPSA) is 95.7 Å². The van der Waals surface area contributed by atoms with Crippen molar-refractivity contribution in [2.75, 3.05) is 6.61 Å². The van der Waals surface area contributed by atoms with E-state index in [4.69, 9.17) is 26.3 Å². The number of nitrogens with zero attached hydrogens (tertiary/aromatic N) is 6. The number of rotatable bonds is 6. The van der Waals surface area contributed by atoms with Crippen LogP contribution >= 0.6 is 11.6 Å². The van der Waals surface area contributed by atoms with Gasteiger partial charge in [0.25, 0.3) is 0 Å². The van der Waals surface area contributed by atoms with Crippen LogP contribution in [0.2, 0.25) is 5.02 Å². The van der Waals surface area contributed by atoms with Crippen molar-refractivity contribution >= 4 is 17.6 Å². The molecule has 2 aromatic carbocycles. The monoisotopic (exact) mass is 434 g/mol. The molecule has 4 aromatic rings. The minimum atomic E-state index is -0.547. The molecule has 9 heteroatoms. The number of aryl methyl sites for hydroxylation is 1. The molecule has 31 heavy (non-hydrogen) atoms. The van der Waals surface area contributed by atoms with Gasteiger partial charge in [-0.25, -0.2) is 19.4 Å². The number of hydrogen-bond acceptors (Lipinski definition) is 7. The predicted molar refractivity (Wildman–Crippen MR) is 116 cm³/mol. The van der Waals surface area contributed by atoms with E-state index >= 15 is 0 Å². The summed E-state index contributed by atoms with van der Waals surface area (Å²) >= 11 is 6.08. The lowest BCUT2D eigenvalue weighted by atomic mass is 10.0. The molecule has 0 atom stereocenters. The summed E-state index contributed by atoms with van der Waals surface area (Å²) in [5, 5.41) is 11.8. The first-order valence-corrected chi connectivity index (χ1v) is 10.0. The molecular formula is C22H19ClN6O2. The highest BCUT2D eigenvalue weighted by Gasteiger charge is 2.22. The molecule has 0 saturated heterocycles. The van der Waals surface area contributed by atoms with Gasteiger partial charge >= 0.3 is 5.97 Å².